The zero-order valence-corrected chi connectivity index (χ0v) is 17.5. The van der Waals surface area contributed by atoms with E-state index in [9.17, 15) is 21.6 Å². The summed E-state index contributed by atoms with van der Waals surface area (Å²) in [5.41, 5.74) is -0.286. The van der Waals surface area contributed by atoms with Gasteiger partial charge in [-0.2, -0.15) is 13.2 Å². The quantitative estimate of drug-likeness (QED) is 0.354. The van der Waals surface area contributed by atoms with Crippen molar-refractivity contribution in [3.8, 4) is 0 Å². The minimum atomic E-state index is -4.36. The van der Waals surface area contributed by atoms with E-state index in [1.54, 1.807) is 13.1 Å². The van der Waals surface area contributed by atoms with Crippen molar-refractivity contribution in [3.63, 3.8) is 0 Å². The fourth-order valence-corrected chi connectivity index (χ4v) is 3.64. The van der Waals surface area contributed by atoms with Crippen LogP contribution in [0.2, 0.25) is 0 Å². The Morgan fingerprint density at radius 1 is 1.24 bits per heavy atom. The lowest BCUT2D eigenvalue weighted by atomic mass is 9.64. The van der Waals surface area contributed by atoms with Crippen molar-refractivity contribution in [2.24, 2.45) is 4.99 Å². The highest BCUT2D eigenvalue weighted by Gasteiger charge is 2.40. The zero-order chi connectivity index (χ0) is 21.5. The third-order valence-electron chi connectivity index (χ3n) is 5.07. The van der Waals surface area contributed by atoms with Gasteiger partial charge >= 0.3 is 6.18 Å². The molecule has 0 aromatic heterocycles. The van der Waals surface area contributed by atoms with Crippen LogP contribution >= 0.6 is 0 Å². The average molecular weight is 436 g/mol. The molecule has 1 aliphatic carbocycles. The summed E-state index contributed by atoms with van der Waals surface area (Å²) in [5, 5.41) is 6.25. The van der Waals surface area contributed by atoms with E-state index in [-0.39, 0.29) is 17.8 Å². The summed E-state index contributed by atoms with van der Waals surface area (Å²) in [6.45, 7) is 1.35. The van der Waals surface area contributed by atoms with Gasteiger partial charge in [-0.15, -0.1) is 0 Å². The summed E-state index contributed by atoms with van der Waals surface area (Å²) in [4.78, 5) is 4.12. The highest BCUT2D eigenvalue weighted by molar-refractivity contribution is 7.90. The SMILES string of the molecule is CN=C(NCCOCCS(C)(=O)=O)NCC1(c2cccc(C(F)(F)F)c2)CCC1. The monoisotopic (exact) mass is 435 g/mol. The Morgan fingerprint density at radius 2 is 1.97 bits per heavy atom. The molecule has 1 aromatic carbocycles. The molecule has 1 saturated carbocycles. The lowest BCUT2D eigenvalue weighted by Gasteiger charge is -2.43. The van der Waals surface area contributed by atoms with Gasteiger partial charge in [-0.25, -0.2) is 8.42 Å². The molecule has 1 aromatic rings. The molecular formula is C19H28F3N3O3S. The van der Waals surface area contributed by atoms with Crippen LogP contribution in [0.3, 0.4) is 0 Å². The first-order valence-corrected chi connectivity index (χ1v) is 11.5. The van der Waals surface area contributed by atoms with Gasteiger partial charge < -0.3 is 15.4 Å². The molecular weight excluding hydrogens is 407 g/mol. The predicted molar refractivity (Wildman–Crippen MR) is 107 cm³/mol. The first-order valence-electron chi connectivity index (χ1n) is 9.43. The standard InChI is InChI=1S/C19H28F3N3O3S/c1-23-17(24-9-10-28-11-12-29(2,26)27)25-14-18(7-4-8-18)15-5-3-6-16(13-15)19(20,21)22/h3,5-6,13H,4,7-12,14H2,1-2H3,(H2,23,24,25). The third-order valence-corrected chi connectivity index (χ3v) is 5.98. The predicted octanol–water partition coefficient (Wildman–Crippen LogP) is 2.35. The molecule has 1 fully saturated rings. The zero-order valence-electron chi connectivity index (χ0n) is 16.7. The number of rotatable bonds is 9. The first kappa shape index (κ1) is 23.5. The Morgan fingerprint density at radius 3 is 2.52 bits per heavy atom. The van der Waals surface area contributed by atoms with Crippen molar-refractivity contribution in [1.82, 2.24) is 10.6 Å². The molecule has 10 heteroatoms. The highest BCUT2D eigenvalue weighted by Crippen LogP contribution is 2.44. The molecule has 0 bridgehead atoms. The number of benzene rings is 1. The Kier molecular flexibility index (Phi) is 7.93. The van der Waals surface area contributed by atoms with E-state index in [4.69, 9.17) is 4.74 Å². The van der Waals surface area contributed by atoms with Gasteiger partial charge in [-0.05, 0) is 24.5 Å². The smallest absolute Gasteiger partial charge is 0.379 e. The molecule has 0 heterocycles. The van der Waals surface area contributed by atoms with E-state index >= 15 is 0 Å². The number of ether oxygens (including phenoxy) is 1. The number of nitrogens with zero attached hydrogens (tertiary/aromatic N) is 1. The van der Waals surface area contributed by atoms with Crippen molar-refractivity contribution < 1.29 is 26.3 Å². The molecule has 0 unspecified atom stereocenters. The maximum Gasteiger partial charge on any atom is 0.416 e. The van der Waals surface area contributed by atoms with Crippen LogP contribution in [0.4, 0.5) is 13.2 Å². The van der Waals surface area contributed by atoms with Crippen LogP contribution in [0.15, 0.2) is 29.3 Å². The number of alkyl halides is 3. The fraction of sp³-hybridized carbons (Fsp3) is 0.632. The second kappa shape index (κ2) is 9.80. The molecule has 0 spiro atoms. The Labute approximate surface area is 169 Å². The normalized spacial score (nSPS) is 16.9. The largest absolute Gasteiger partial charge is 0.416 e. The van der Waals surface area contributed by atoms with Gasteiger partial charge in [0.05, 0.1) is 24.5 Å². The maximum absolute atomic E-state index is 13.0. The van der Waals surface area contributed by atoms with Gasteiger partial charge in [-0.3, -0.25) is 4.99 Å². The van der Waals surface area contributed by atoms with E-state index in [1.165, 1.54) is 12.1 Å². The lowest BCUT2D eigenvalue weighted by molar-refractivity contribution is -0.137. The fourth-order valence-electron chi connectivity index (χ4n) is 3.22. The molecule has 0 amide bonds. The number of aliphatic imine (C=N–C) groups is 1. The van der Waals surface area contributed by atoms with E-state index in [1.807, 2.05) is 0 Å². The molecule has 6 nitrogen and oxygen atoms in total. The topological polar surface area (TPSA) is 79.8 Å². The third kappa shape index (κ3) is 7.18. The van der Waals surface area contributed by atoms with Crippen LogP contribution in [-0.4, -0.2) is 59.7 Å². The second-order valence-electron chi connectivity index (χ2n) is 7.31. The van der Waals surface area contributed by atoms with Crippen molar-refractivity contribution in [3.05, 3.63) is 35.4 Å². The number of halogens is 3. The minimum absolute atomic E-state index is 0.0283. The molecule has 0 saturated heterocycles. The Hall–Kier alpha value is -1.81. The van der Waals surface area contributed by atoms with Crippen LogP contribution in [0.5, 0.6) is 0 Å². The van der Waals surface area contributed by atoms with Crippen LogP contribution in [-0.2, 0) is 26.2 Å². The summed E-state index contributed by atoms with van der Waals surface area (Å²) < 4.78 is 66.5. The number of hydrogen-bond acceptors (Lipinski definition) is 4. The van der Waals surface area contributed by atoms with E-state index in [0.29, 0.717) is 31.2 Å². The summed E-state index contributed by atoms with van der Waals surface area (Å²) in [6.07, 6.45) is -0.609. The van der Waals surface area contributed by atoms with Crippen LogP contribution in [0, 0.1) is 0 Å². The van der Waals surface area contributed by atoms with Crippen LogP contribution < -0.4 is 10.6 Å². The van der Waals surface area contributed by atoms with Gasteiger partial charge in [0, 0.05) is 31.8 Å². The summed E-state index contributed by atoms with van der Waals surface area (Å²) in [6, 6.07) is 5.54. The summed E-state index contributed by atoms with van der Waals surface area (Å²) in [7, 11) is -1.44. The van der Waals surface area contributed by atoms with E-state index in [0.717, 1.165) is 31.6 Å². The first-order chi connectivity index (χ1) is 13.6. The molecule has 164 valence electrons. The Balaban J connectivity index is 1.86. The minimum Gasteiger partial charge on any atom is -0.379 e. The van der Waals surface area contributed by atoms with Crippen LogP contribution in [0.1, 0.15) is 30.4 Å². The van der Waals surface area contributed by atoms with E-state index < -0.39 is 21.6 Å². The van der Waals surface area contributed by atoms with Gasteiger partial charge in [-0.1, -0.05) is 24.6 Å². The molecule has 0 radical (unpaired) electrons. The number of nitrogens with one attached hydrogen (secondary N) is 2. The van der Waals surface area contributed by atoms with Crippen molar-refractivity contribution >= 4 is 15.8 Å². The van der Waals surface area contributed by atoms with Crippen molar-refractivity contribution in [2.45, 2.75) is 30.9 Å². The van der Waals surface area contributed by atoms with Crippen LogP contribution in [0.25, 0.3) is 0 Å². The molecule has 29 heavy (non-hydrogen) atoms. The Bertz CT molecular complexity index is 806. The molecule has 2 N–H and O–H groups in total. The second-order valence-corrected chi connectivity index (χ2v) is 9.57. The average Bonchev–Trinajstić information content (AvgIpc) is 2.60. The number of sulfone groups is 1. The molecule has 2 rings (SSSR count). The molecule has 1 aliphatic rings. The van der Waals surface area contributed by atoms with E-state index in [2.05, 4.69) is 15.6 Å². The van der Waals surface area contributed by atoms with Gasteiger partial charge in [0.1, 0.15) is 9.84 Å². The summed E-state index contributed by atoms with van der Waals surface area (Å²) >= 11 is 0. The van der Waals surface area contributed by atoms with Crippen molar-refractivity contribution in [1.29, 1.82) is 0 Å². The van der Waals surface area contributed by atoms with Gasteiger partial charge in [0.15, 0.2) is 5.96 Å². The number of hydrogen-bond donors (Lipinski definition) is 2. The van der Waals surface area contributed by atoms with Gasteiger partial charge in [0.25, 0.3) is 0 Å². The maximum atomic E-state index is 13.0. The lowest BCUT2D eigenvalue weighted by Crippen LogP contribution is -2.49. The molecule has 0 atom stereocenters. The number of guanidine groups is 1. The highest BCUT2D eigenvalue weighted by atomic mass is 32.2. The van der Waals surface area contributed by atoms with Gasteiger partial charge in [0.2, 0.25) is 0 Å². The summed E-state index contributed by atoms with van der Waals surface area (Å²) in [5.74, 6) is 0.495. The molecule has 0 aliphatic heterocycles. The van der Waals surface area contributed by atoms with Crippen molar-refractivity contribution in [2.75, 3.05) is 45.4 Å².